The lowest BCUT2D eigenvalue weighted by atomic mass is 10.0. The third-order valence-corrected chi connectivity index (χ3v) is 2.92. The van der Waals surface area contributed by atoms with E-state index in [2.05, 4.69) is 0 Å². The third kappa shape index (κ3) is 2.61. The average Bonchev–Trinajstić information content (AvgIpc) is 2.40. The molecule has 19 heavy (non-hydrogen) atoms. The number of hydrogen-bond donors (Lipinski definition) is 0. The van der Waals surface area contributed by atoms with E-state index in [0.29, 0.717) is 17.4 Å². The summed E-state index contributed by atoms with van der Waals surface area (Å²) in [6, 6.07) is 7.73. The summed E-state index contributed by atoms with van der Waals surface area (Å²) in [6.07, 6.45) is 0.398. The molecular formula is C13H7ClFNO3. The Labute approximate surface area is 112 Å². The van der Waals surface area contributed by atoms with Gasteiger partial charge >= 0.3 is 0 Å². The fraction of sp³-hybridized carbons (Fsp3) is 0. The Morgan fingerprint density at radius 2 is 1.95 bits per heavy atom. The highest BCUT2D eigenvalue weighted by Crippen LogP contribution is 2.31. The number of hydrogen-bond acceptors (Lipinski definition) is 3. The Kier molecular flexibility index (Phi) is 3.57. The van der Waals surface area contributed by atoms with E-state index in [1.54, 1.807) is 0 Å². The van der Waals surface area contributed by atoms with Gasteiger partial charge in [-0.15, -0.1) is 0 Å². The Bertz CT molecular complexity index is 673. The van der Waals surface area contributed by atoms with Crippen LogP contribution in [0, 0.1) is 15.9 Å². The summed E-state index contributed by atoms with van der Waals surface area (Å²) in [6.45, 7) is 0. The van der Waals surface area contributed by atoms with Crippen molar-refractivity contribution in [2.75, 3.05) is 0 Å². The molecule has 0 aliphatic carbocycles. The summed E-state index contributed by atoms with van der Waals surface area (Å²) in [5.41, 5.74) is 0.332. The predicted octanol–water partition coefficient (Wildman–Crippen LogP) is 3.87. The molecule has 0 aliphatic rings. The molecule has 0 atom stereocenters. The first kappa shape index (κ1) is 13.2. The molecule has 0 unspecified atom stereocenters. The normalized spacial score (nSPS) is 10.2. The Balaban J connectivity index is 2.63. The van der Waals surface area contributed by atoms with Crippen LogP contribution in [0.2, 0.25) is 5.02 Å². The van der Waals surface area contributed by atoms with Gasteiger partial charge in [0.05, 0.1) is 10.5 Å². The number of aldehydes is 1. The molecule has 6 heteroatoms. The first-order valence-corrected chi connectivity index (χ1v) is 5.60. The van der Waals surface area contributed by atoms with Gasteiger partial charge in [0.1, 0.15) is 5.82 Å². The minimum Gasteiger partial charge on any atom is -0.298 e. The van der Waals surface area contributed by atoms with Gasteiger partial charge in [-0.05, 0) is 29.8 Å². The van der Waals surface area contributed by atoms with E-state index in [1.807, 2.05) is 0 Å². The Hall–Kier alpha value is -2.27. The quantitative estimate of drug-likeness (QED) is 0.487. The van der Waals surface area contributed by atoms with E-state index in [4.69, 9.17) is 11.6 Å². The summed E-state index contributed by atoms with van der Waals surface area (Å²) in [4.78, 5) is 20.9. The largest absolute Gasteiger partial charge is 0.298 e. The molecule has 0 saturated carbocycles. The van der Waals surface area contributed by atoms with Crippen molar-refractivity contribution in [3.63, 3.8) is 0 Å². The highest BCUT2D eigenvalue weighted by molar-refractivity contribution is 6.33. The number of nitro benzene ring substituents is 1. The summed E-state index contributed by atoms with van der Waals surface area (Å²) >= 11 is 5.93. The van der Waals surface area contributed by atoms with Crippen LogP contribution >= 0.6 is 11.6 Å². The van der Waals surface area contributed by atoms with Gasteiger partial charge in [-0.1, -0.05) is 17.7 Å². The topological polar surface area (TPSA) is 60.2 Å². The van der Waals surface area contributed by atoms with Crippen molar-refractivity contribution >= 4 is 23.6 Å². The van der Waals surface area contributed by atoms with Gasteiger partial charge in [0.25, 0.3) is 5.69 Å². The summed E-state index contributed by atoms with van der Waals surface area (Å²) < 4.78 is 13.2. The number of nitro groups is 1. The summed E-state index contributed by atoms with van der Waals surface area (Å²) in [5.74, 6) is -0.499. The lowest BCUT2D eigenvalue weighted by Crippen LogP contribution is -1.95. The van der Waals surface area contributed by atoms with Crippen molar-refractivity contribution in [2.24, 2.45) is 0 Å². The molecule has 2 aromatic rings. The van der Waals surface area contributed by atoms with Crippen LogP contribution in [0.1, 0.15) is 10.4 Å². The summed E-state index contributed by atoms with van der Waals surface area (Å²) in [5, 5.41) is 11.1. The first-order chi connectivity index (χ1) is 9.02. The molecule has 0 amide bonds. The molecule has 0 fully saturated rings. The third-order valence-electron chi connectivity index (χ3n) is 2.59. The van der Waals surface area contributed by atoms with Gasteiger partial charge in [0.15, 0.2) is 6.29 Å². The van der Waals surface area contributed by atoms with Gasteiger partial charge in [-0.3, -0.25) is 14.9 Å². The van der Waals surface area contributed by atoms with Crippen molar-refractivity contribution in [1.29, 1.82) is 0 Å². The Morgan fingerprint density at radius 3 is 2.58 bits per heavy atom. The fourth-order valence-electron chi connectivity index (χ4n) is 1.69. The average molecular weight is 280 g/mol. The smallest absolute Gasteiger partial charge is 0.280 e. The number of halogens is 2. The Morgan fingerprint density at radius 1 is 1.21 bits per heavy atom. The number of nitrogens with zero attached hydrogens (tertiary/aromatic N) is 1. The van der Waals surface area contributed by atoms with E-state index in [9.17, 15) is 19.3 Å². The maximum Gasteiger partial charge on any atom is 0.280 e. The number of rotatable bonds is 3. The molecule has 0 radical (unpaired) electrons. The monoisotopic (exact) mass is 279 g/mol. The number of carbonyl (C=O) groups excluding carboxylic acids is 1. The second-order valence-corrected chi connectivity index (χ2v) is 4.18. The van der Waals surface area contributed by atoms with E-state index in [-0.39, 0.29) is 16.3 Å². The van der Waals surface area contributed by atoms with Gasteiger partial charge < -0.3 is 0 Å². The summed E-state index contributed by atoms with van der Waals surface area (Å²) in [7, 11) is 0. The van der Waals surface area contributed by atoms with Crippen LogP contribution in [0.15, 0.2) is 36.4 Å². The minimum absolute atomic E-state index is 0.0405. The van der Waals surface area contributed by atoms with Crippen molar-refractivity contribution in [1.82, 2.24) is 0 Å². The minimum atomic E-state index is -0.666. The maximum atomic E-state index is 13.2. The van der Waals surface area contributed by atoms with Crippen molar-refractivity contribution in [3.8, 4) is 11.1 Å². The van der Waals surface area contributed by atoms with Gasteiger partial charge in [-0.2, -0.15) is 0 Å². The van der Waals surface area contributed by atoms with Crippen molar-refractivity contribution < 1.29 is 14.1 Å². The van der Waals surface area contributed by atoms with Crippen LogP contribution in [0.25, 0.3) is 11.1 Å². The SMILES string of the molecule is O=Cc1ccc(-c2cc(F)ccc2Cl)cc1[N+](=O)[O-]. The molecule has 2 aromatic carbocycles. The zero-order chi connectivity index (χ0) is 14.0. The van der Waals surface area contributed by atoms with E-state index >= 15 is 0 Å². The highest BCUT2D eigenvalue weighted by Gasteiger charge is 2.16. The molecule has 0 spiro atoms. The zero-order valence-electron chi connectivity index (χ0n) is 9.47. The fourth-order valence-corrected chi connectivity index (χ4v) is 1.91. The van der Waals surface area contributed by atoms with Crippen LogP contribution < -0.4 is 0 Å². The molecule has 0 saturated heterocycles. The van der Waals surface area contributed by atoms with Crippen LogP contribution in [-0.4, -0.2) is 11.2 Å². The predicted molar refractivity (Wildman–Crippen MR) is 68.9 cm³/mol. The molecule has 0 aromatic heterocycles. The molecule has 4 nitrogen and oxygen atoms in total. The van der Waals surface area contributed by atoms with Gasteiger partial charge in [0.2, 0.25) is 0 Å². The maximum absolute atomic E-state index is 13.2. The van der Waals surface area contributed by atoms with Crippen LogP contribution in [0.5, 0.6) is 0 Å². The number of carbonyl (C=O) groups is 1. The molecule has 96 valence electrons. The van der Waals surface area contributed by atoms with Gasteiger partial charge in [0, 0.05) is 16.7 Å². The van der Waals surface area contributed by atoms with Crippen molar-refractivity contribution in [2.45, 2.75) is 0 Å². The molecule has 0 N–H and O–H groups in total. The van der Waals surface area contributed by atoms with E-state index in [1.165, 1.54) is 36.4 Å². The molecule has 2 rings (SSSR count). The zero-order valence-corrected chi connectivity index (χ0v) is 10.2. The van der Waals surface area contributed by atoms with Crippen LogP contribution in [0.3, 0.4) is 0 Å². The lowest BCUT2D eigenvalue weighted by molar-refractivity contribution is -0.385. The van der Waals surface area contributed by atoms with Crippen LogP contribution in [-0.2, 0) is 0 Å². The lowest BCUT2D eigenvalue weighted by Gasteiger charge is -2.05. The van der Waals surface area contributed by atoms with E-state index < -0.39 is 10.7 Å². The highest BCUT2D eigenvalue weighted by atomic mass is 35.5. The number of benzene rings is 2. The second kappa shape index (κ2) is 5.16. The van der Waals surface area contributed by atoms with Gasteiger partial charge in [-0.25, -0.2) is 4.39 Å². The first-order valence-electron chi connectivity index (χ1n) is 5.22. The molecule has 0 aliphatic heterocycles. The van der Waals surface area contributed by atoms with E-state index in [0.717, 1.165) is 0 Å². The van der Waals surface area contributed by atoms with Crippen LogP contribution in [0.4, 0.5) is 10.1 Å². The molecular weight excluding hydrogens is 273 g/mol. The van der Waals surface area contributed by atoms with Crippen molar-refractivity contribution in [3.05, 3.63) is 62.9 Å². The standard InChI is InChI=1S/C13H7ClFNO3/c14-12-4-3-10(15)6-11(12)8-1-2-9(7-17)13(5-8)16(18)19/h1-7H. The second-order valence-electron chi connectivity index (χ2n) is 3.77. The molecule has 0 heterocycles. The molecule has 0 bridgehead atoms.